The van der Waals surface area contributed by atoms with Crippen molar-refractivity contribution in [3.8, 4) is 0 Å². The highest BCUT2D eigenvalue weighted by atomic mass is 19.1. The van der Waals surface area contributed by atoms with Crippen LogP contribution in [0.1, 0.15) is 31.2 Å². The zero-order valence-electron chi connectivity index (χ0n) is 11.0. The van der Waals surface area contributed by atoms with Crippen LogP contribution in [0, 0.1) is 5.82 Å². The summed E-state index contributed by atoms with van der Waals surface area (Å²) in [5, 5.41) is 3.54. The maximum absolute atomic E-state index is 13.0. The molecule has 0 amide bonds. The molecule has 18 heavy (non-hydrogen) atoms. The molecule has 0 radical (unpaired) electrons. The summed E-state index contributed by atoms with van der Waals surface area (Å²) < 4.78 is 18.5. The zero-order valence-corrected chi connectivity index (χ0v) is 11.0. The van der Waals surface area contributed by atoms with E-state index in [4.69, 9.17) is 4.74 Å². The lowest BCUT2D eigenvalue weighted by molar-refractivity contribution is 0.0421. The van der Waals surface area contributed by atoms with Crippen LogP contribution in [0.3, 0.4) is 0 Å². The number of halogens is 1. The molecule has 1 aliphatic rings. The SMILES string of the molecule is COC1CCCCC1NCCc1cccc(F)c1. The van der Waals surface area contributed by atoms with Gasteiger partial charge in [-0.25, -0.2) is 4.39 Å². The van der Waals surface area contributed by atoms with Crippen molar-refractivity contribution in [2.45, 2.75) is 44.2 Å². The minimum atomic E-state index is -0.153. The van der Waals surface area contributed by atoms with Crippen LogP contribution in [-0.2, 0) is 11.2 Å². The van der Waals surface area contributed by atoms with E-state index in [0.29, 0.717) is 12.1 Å². The molecule has 1 aliphatic carbocycles. The monoisotopic (exact) mass is 251 g/mol. The minimum Gasteiger partial charge on any atom is -0.380 e. The molecule has 0 aromatic heterocycles. The Balaban J connectivity index is 1.77. The molecule has 0 bridgehead atoms. The molecule has 0 saturated heterocycles. The molecule has 0 aliphatic heterocycles. The molecule has 1 aromatic carbocycles. The molecule has 1 saturated carbocycles. The molecule has 0 spiro atoms. The van der Waals surface area contributed by atoms with Crippen LogP contribution in [0.25, 0.3) is 0 Å². The van der Waals surface area contributed by atoms with Crippen LogP contribution < -0.4 is 5.32 Å². The van der Waals surface area contributed by atoms with Crippen molar-refractivity contribution >= 4 is 0 Å². The van der Waals surface area contributed by atoms with Crippen LogP contribution in [0.2, 0.25) is 0 Å². The molecule has 2 rings (SSSR count). The molecule has 100 valence electrons. The highest BCUT2D eigenvalue weighted by molar-refractivity contribution is 5.16. The highest BCUT2D eigenvalue weighted by Crippen LogP contribution is 2.20. The van der Waals surface area contributed by atoms with E-state index in [1.165, 1.54) is 25.3 Å². The molecule has 3 heteroatoms. The third kappa shape index (κ3) is 3.79. The normalized spacial score (nSPS) is 24.1. The van der Waals surface area contributed by atoms with Crippen LogP contribution in [0.5, 0.6) is 0 Å². The van der Waals surface area contributed by atoms with Gasteiger partial charge in [0, 0.05) is 13.2 Å². The van der Waals surface area contributed by atoms with Gasteiger partial charge in [0.2, 0.25) is 0 Å². The van der Waals surface area contributed by atoms with E-state index < -0.39 is 0 Å². The third-order valence-corrected chi connectivity index (χ3v) is 3.71. The molecule has 1 fully saturated rings. The number of nitrogens with one attached hydrogen (secondary N) is 1. The molecule has 2 atom stereocenters. The molecule has 2 nitrogen and oxygen atoms in total. The molecular formula is C15H22FNO. The molecule has 0 heterocycles. The summed E-state index contributed by atoms with van der Waals surface area (Å²) in [6.45, 7) is 0.883. The van der Waals surface area contributed by atoms with Gasteiger partial charge in [-0.15, -0.1) is 0 Å². The lowest BCUT2D eigenvalue weighted by atomic mass is 9.92. The second kappa shape index (κ2) is 6.86. The fraction of sp³-hybridized carbons (Fsp3) is 0.600. The van der Waals surface area contributed by atoms with Crippen molar-refractivity contribution in [1.29, 1.82) is 0 Å². The number of ether oxygens (including phenoxy) is 1. The Morgan fingerprint density at radius 3 is 2.94 bits per heavy atom. The summed E-state index contributed by atoms with van der Waals surface area (Å²) in [5.74, 6) is -0.153. The van der Waals surface area contributed by atoms with Gasteiger partial charge in [0.05, 0.1) is 6.10 Å². The second-order valence-electron chi connectivity index (χ2n) is 5.00. The first kappa shape index (κ1) is 13.5. The van der Waals surface area contributed by atoms with E-state index in [2.05, 4.69) is 5.32 Å². The van der Waals surface area contributed by atoms with Gasteiger partial charge in [-0.3, -0.25) is 0 Å². The Labute approximate surface area is 109 Å². The largest absolute Gasteiger partial charge is 0.380 e. The Kier molecular flexibility index (Phi) is 5.14. The zero-order chi connectivity index (χ0) is 12.8. The van der Waals surface area contributed by atoms with Gasteiger partial charge in [0.25, 0.3) is 0 Å². The fourth-order valence-corrected chi connectivity index (χ4v) is 2.71. The Hall–Kier alpha value is -0.930. The molecule has 1 N–H and O–H groups in total. The van der Waals surface area contributed by atoms with Crippen LogP contribution in [-0.4, -0.2) is 25.8 Å². The summed E-state index contributed by atoms with van der Waals surface area (Å²) in [5.41, 5.74) is 1.05. The summed E-state index contributed by atoms with van der Waals surface area (Å²) in [6, 6.07) is 7.29. The van der Waals surface area contributed by atoms with E-state index in [1.54, 1.807) is 19.2 Å². The standard InChI is InChI=1S/C15H22FNO/c1-18-15-8-3-2-7-14(15)17-10-9-12-5-4-6-13(16)11-12/h4-6,11,14-15,17H,2-3,7-10H2,1H3. The van der Waals surface area contributed by atoms with E-state index in [0.717, 1.165) is 24.9 Å². The topological polar surface area (TPSA) is 21.3 Å². The van der Waals surface area contributed by atoms with E-state index in [9.17, 15) is 4.39 Å². The molecule has 1 aromatic rings. The lowest BCUT2D eigenvalue weighted by Crippen LogP contribution is -2.43. The lowest BCUT2D eigenvalue weighted by Gasteiger charge is -2.31. The number of benzene rings is 1. The second-order valence-corrected chi connectivity index (χ2v) is 5.00. The van der Waals surface area contributed by atoms with Gasteiger partial charge >= 0.3 is 0 Å². The highest BCUT2D eigenvalue weighted by Gasteiger charge is 2.23. The van der Waals surface area contributed by atoms with Gasteiger partial charge in [-0.05, 0) is 43.5 Å². The van der Waals surface area contributed by atoms with Crippen LogP contribution >= 0.6 is 0 Å². The number of hydrogen-bond donors (Lipinski definition) is 1. The Morgan fingerprint density at radius 2 is 2.17 bits per heavy atom. The number of hydrogen-bond acceptors (Lipinski definition) is 2. The smallest absolute Gasteiger partial charge is 0.123 e. The maximum atomic E-state index is 13.0. The van der Waals surface area contributed by atoms with Crippen molar-refractivity contribution in [2.75, 3.05) is 13.7 Å². The van der Waals surface area contributed by atoms with Crippen molar-refractivity contribution in [3.63, 3.8) is 0 Å². The maximum Gasteiger partial charge on any atom is 0.123 e. The summed E-state index contributed by atoms with van der Waals surface area (Å²) in [6.07, 6.45) is 6.07. The predicted octanol–water partition coefficient (Wildman–Crippen LogP) is 2.92. The van der Waals surface area contributed by atoms with Gasteiger partial charge in [-0.1, -0.05) is 25.0 Å². The van der Waals surface area contributed by atoms with E-state index in [-0.39, 0.29) is 5.82 Å². The number of rotatable bonds is 5. The number of methoxy groups -OCH3 is 1. The summed E-state index contributed by atoms with van der Waals surface area (Å²) in [7, 11) is 1.79. The Morgan fingerprint density at radius 1 is 1.33 bits per heavy atom. The first-order chi connectivity index (χ1) is 8.79. The first-order valence-corrected chi connectivity index (χ1v) is 6.80. The average molecular weight is 251 g/mol. The third-order valence-electron chi connectivity index (χ3n) is 3.71. The van der Waals surface area contributed by atoms with Crippen LogP contribution in [0.4, 0.5) is 4.39 Å². The van der Waals surface area contributed by atoms with Gasteiger partial charge in [0.15, 0.2) is 0 Å². The molecular weight excluding hydrogens is 229 g/mol. The van der Waals surface area contributed by atoms with Crippen molar-refractivity contribution < 1.29 is 9.13 Å². The van der Waals surface area contributed by atoms with Gasteiger partial charge < -0.3 is 10.1 Å². The van der Waals surface area contributed by atoms with E-state index >= 15 is 0 Å². The van der Waals surface area contributed by atoms with Crippen molar-refractivity contribution in [3.05, 3.63) is 35.6 Å². The summed E-state index contributed by atoms with van der Waals surface area (Å²) >= 11 is 0. The van der Waals surface area contributed by atoms with E-state index in [1.807, 2.05) is 6.07 Å². The fourth-order valence-electron chi connectivity index (χ4n) is 2.71. The predicted molar refractivity (Wildman–Crippen MR) is 71.2 cm³/mol. The first-order valence-electron chi connectivity index (χ1n) is 6.80. The minimum absolute atomic E-state index is 0.153. The molecule has 2 unspecified atom stereocenters. The van der Waals surface area contributed by atoms with Crippen molar-refractivity contribution in [1.82, 2.24) is 5.32 Å². The average Bonchev–Trinajstić information content (AvgIpc) is 2.39. The Bertz CT molecular complexity index is 369. The quantitative estimate of drug-likeness (QED) is 0.868. The van der Waals surface area contributed by atoms with Gasteiger partial charge in [-0.2, -0.15) is 0 Å². The van der Waals surface area contributed by atoms with Crippen molar-refractivity contribution in [2.24, 2.45) is 0 Å². The van der Waals surface area contributed by atoms with Crippen LogP contribution in [0.15, 0.2) is 24.3 Å². The summed E-state index contributed by atoms with van der Waals surface area (Å²) in [4.78, 5) is 0. The van der Waals surface area contributed by atoms with Gasteiger partial charge in [0.1, 0.15) is 5.82 Å².